The number of esters is 1. The van der Waals surface area contributed by atoms with Crippen molar-refractivity contribution in [3.63, 3.8) is 0 Å². The van der Waals surface area contributed by atoms with E-state index in [0.29, 0.717) is 16.8 Å². The first-order chi connectivity index (χ1) is 15.0. The van der Waals surface area contributed by atoms with Gasteiger partial charge in [0.15, 0.2) is 5.82 Å². The number of ether oxygens (including phenoxy) is 2. The van der Waals surface area contributed by atoms with Gasteiger partial charge in [-0.15, -0.1) is 0 Å². The maximum absolute atomic E-state index is 12.5. The highest BCUT2D eigenvalue weighted by Crippen LogP contribution is 2.34. The first-order valence-electron chi connectivity index (χ1n) is 10.5. The fraction of sp³-hybridized carbons (Fsp3) is 0.375. The van der Waals surface area contributed by atoms with Crippen LogP contribution < -0.4 is 10.5 Å². The number of methoxy groups -OCH3 is 1. The van der Waals surface area contributed by atoms with Gasteiger partial charge in [0, 0.05) is 19.5 Å². The summed E-state index contributed by atoms with van der Waals surface area (Å²) in [6, 6.07) is 9.46. The van der Waals surface area contributed by atoms with Crippen LogP contribution in [0.2, 0.25) is 0 Å². The Kier molecular flexibility index (Phi) is 5.21. The summed E-state index contributed by atoms with van der Waals surface area (Å²) >= 11 is 0. The number of hydrogen-bond acceptors (Lipinski definition) is 6. The van der Waals surface area contributed by atoms with E-state index in [9.17, 15) is 4.79 Å². The lowest BCUT2D eigenvalue weighted by molar-refractivity contribution is 0.0377. The molecule has 3 aromatic heterocycles. The molecule has 0 bridgehead atoms. The van der Waals surface area contributed by atoms with Crippen LogP contribution in [0.15, 0.2) is 30.3 Å². The maximum atomic E-state index is 12.5. The average molecular weight is 436 g/mol. The number of hydrogen-bond donors (Lipinski definition) is 1. The Morgan fingerprint density at radius 1 is 1.09 bits per heavy atom. The molecule has 8 nitrogen and oxygen atoms in total. The second-order valence-corrected chi connectivity index (χ2v) is 8.91. The SMILES string of the molecule is COc1cc(C(=O)OC(C)C)cc2nc(-c3cc4ccc(C(C)(C)N)nc4n3C)n(C)c12. The monoisotopic (exact) mass is 435 g/mol. The van der Waals surface area contributed by atoms with E-state index in [1.165, 1.54) is 0 Å². The van der Waals surface area contributed by atoms with Gasteiger partial charge in [0.2, 0.25) is 0 Å². The number of pyridine rings is 1. The summed E-state index contributed by atoms with van der Waals surface area (Å²) in [5, 5.41) is 0.996. The minimum atomic E-state index is -0.537. The lowest BCUT2D eigenvalue weighted by Gasteiger charge is -2.17. The van der Waals surface area contributed by atoms with Crippen molar-refractivity contribution in [1.29, 1.82) is 0 Å². The highest BCUT2D eigenvalue weighted by atomic mass is 16.5. The Morgan fingerprint density at radius 2 is 1.81 bits per heavy atom. The molecule has 3 heterocycles. The van der Waals surface area contributed by atoms with E-state index in [1.807, 2.05) is 63.1 Å². The fourth-order valence-corrected chi connectivity index (χ4v) is 3.87. The molecule has 0 saturated carbocycles. The van der Waals surface area contributed by atoms with Crippen molar-refractivity contribution in [2.24, 2.45) is 19.8 Å². The van der Waals surface area contributed by atoms with Gasteiger partial charge in [-0.2, -0.15) is 0 Å². The molecule has 0 fully saturated rings. The minimum Gasteiger partial charge on any atom is -0.494 e. The number of carbonyl (C=O) groups is 1. The summed E-state index contributed by atoms with van der Waals surface area (Å²) in [6.45, 7) is 7.50. The summed E-state index contributed by atoms with van der Waals surface area (Å²) in [4.78, 5) is 22.1. The van der Waals surface area contributed by atoms with Crippen LogP contribution in [0.1, 0.15) is 43.7 Å². The van der Waals surface area contributed by atoms with E-state index in [-0.39, 0.29) is 6.10 Å². The van der Waals surface area contributed by atoms with E-state index in [0.717, 1.165) is 33.8 Å². The molecule has 0 radical (unpaired) electrons. The topological polar surface area (TPSA) is 97.2 Å². The van der Waals surface area contributed by atoms with E-state index in [2.05, 4.69) is 6.07 Å². The Hall–Kier alpha value is -3.39. The lowest BCUT2D eigenvalue weighted by atomic mass is 10.0. The quantitative estimate of drug-likeness (QED) is 0.478. The van der Waals surface area contributed by atoms with E-state index >= 15 is 0 Å². The van der Waals surface area contributed by atoms with Crippen LogP contribution in [0.4, 0.5) is 0 Å². The Labute approximate surface area is 187 Å². The van der Waals surface area contributed by atoms with E-state index in [4.69, 9.17) is 25.2 Å². The highest BCUT2D eigenvalue weighted by molar-refractivity contribution is 5.97. The van der Waals surface area contributed by atoms with Gasteiger partial charge in [-0.1, -0.05) is 0 Å². The molecular formula is C24H29N5O3. The predicted molar refractivity (Wildman–Crippen MR) is 125 cm³/mol. The number of rotatable bonds is 5. The number of nitrogens with two attached hydrogens (primary N) is 1. The van der Waals surface area contributed by atoms with Gasteiger partial charge in [0.1, 0.15) is 16.9 Å². The third-order valence-corrected chi connectivity index (χ3v) is 5.50. The largest absolute Gasteiger partial charge is 0.494 e. The molecule has 4 aromatic rings. The van der Waals surface area contributed by atoms with Gasteiger partial charge in [0.05, 0.1) is 41.2 Å². The normalized spacial score (nSPS) is 12.2. The molecule has 0 atom stereocenters. The number of aromatic nitrogens is 4. The second kappa shape index (κ2) is 7.63. The standard InChI is InChI=1S/C24H29N5O3/c1-13(2)32-23(30)15-10-16-20(18(12-15)31-7)29(6)22(26-16)17-11-14-8-9-19(24(3,4)25)27-21(14)28(17)5/h8-13H,25H2,1-7H3. The molecule has 1 aromatic carbocycles. The number of benzene rings is 1. The zero-order valence-corrected chi connectivity index (χ0v) is 19.6. The molecule has 0 aliphatic heterocycles. The van der Waals surface area contributed by atoms with Crippen molar-refractivity contribution in [3.05, 3.63) is 41.6 Å². The molecule has 0 aliphatic carbocycles. The van der Waals surface area contributed by atoms with Crippen LogP contribution >= 0.6 is 0 Å². The number of imidazole rings is 1. The van der Waals surface area contributed by atoms with Crippen molar-refractivity contribution in [2.45, 2.75) is 39.3 Å². The Morgan fingerprint density at radius 3 is 2.44 bits per heavy atom. The molecule has 0 aliphatic rings. The van der Waals surface area contributed by atoms with Gasteiger partial charge in [0.25, 0.3) is 0 Å². The molecule has 168 valence electrons. The van der Waals surface area contributed by atoms with Crippen LogP contribution in [-0.4, -0.2) is 38.3 Å². The van der Waals surface area contributed by atoms with E-state index in [1.54, 1.807) is 19.2 Å². The number of fused-ring (bicyclic) bond motifs is 2. The van der Waals surface area contributed by atoms with Crippen molar-refractivity contribution < 1.29 is 14.3 Å². The zero-order valence-electron chi connectivity index (χ0n) is 19.6. The van der Waals surface area contributed by atoms with Gasteiger partial charge in [-0.3, -0.25) is 0 Å². The van der Waals surface area contributed by atoms with Crippen molar-refractivity contribution in [2.75, 3.05) is 7.11 Å². The van der Waals surface area contributed by atoms with Crippen molar-refractivity contribution in [3.8, 4) is 17.3 Å². The van der Waals surface area contributed by atoms with Crippen LogP contribution in [0.5, 0.6) is 5.75 Å². The zero-order chi connectivity index (χ0) is 23.4. The van der Waals surface area contributed by atoms with Gasteiger partial charge < -0.3 is 24.3 Å². The van der Waals surface area contributed by atoms with Crippen LogP contribution in [0, 0.1) is 0 Å². The Balaban J connectivity index is 1.90. The van der Waals surface area contributed by atoms with Gasteiger partial charge >= 0.3 is 5.97 Å². The first-order valence-corrected chi connectivity index (χ1v) is 10.5. The minimum absolute atomic E-state index is 0.213. The molecule has 0 amide bonds. The number of aryl methyl sites for hydroxylation is 2. The molecule has 32 heavy (non-hydrogen) atoms. The maximum Gasteiger partial charge on any atom is 0.338 e. The van der Waals surface area contributed by atoms with Crippen molar-refractivity contribution >= 4 is 28.0 Å². The molecule has 2 N–H and O–H groups in total. The van der Waals surface area contributed by atoms with E-state index < -0.39 is 11.5 Å². The summed E-state index contributed by atoms with van der Waals surface area (Å²) in [5.74, 6) is 0.892. The summed E-state index contributed by atoms with van der Waals surface area (Å²) < 4.78 is 14.9. The third-order valence-electron chi connectivity index (χ3n) is 5.50. The highest BCUT2D eigenvalue weighted by Gasteiger charge is 2.22. The summed E-state index contributed by atoms with van der Waals surface area (Å²) in [5.41, 5.74) is 10.1. The second-order valence-electron chi connectivity index (χ2n) is 8.91. The summed E-state index contributed by atoms with van der Waals surface area (Å²) in [7, 11) is 5.47. The third kappa shape index (κ3) is 3.60. The van der Waals surface area contributed by atoms with Crippen LogP contribution in [0.25, 0.3) is 33.6 Å². The predicted octanol–water partition coefficient (Wildman–Crippen LogP) is 3.89. The molecule has 0 saturated heterocycles. The Bertz CT molecular complexity index is 1340. The molecule has 0 unspecified atom stereocenters. The lowest BCUT2D eigenvalue weighted by Crippen LogP contribution is -2.29. The fourth-order valence-electron chi connectivity index (χ4n) is 3.87. The number of nitrogens with zero attached hydrogens (tertiary/aromatic N) is 4. The van der Waals surface area contributed by atoms with Gasteiger partial charge in [-0.05, 0) is 58.0 Å². The molecule has 4 rings (SSSR count). The molecular weight excluding hydrogens is 406 g/mol. The van der Waals surface area contributed by atoms with Crippen LogP contribution in [-0.2, 0) is 24.4 Å². The molecule has 8 heteroatoms. The summed E-state index contributed by atoms with van der Waals surface area (Å²) in [6.07, 6.45) is -0.213. The first kappa shape index (κ1) is 21.8. The van der Waals surface area contributed by atoms with Crippen molar-refractivity contribution in [1.82, 2.24) is 19.1 Å². The van der Waals surface area contributed by atoms with Crippen LogP contribution in [0.3, 0.4) is 0 Å². The average Bonchev–Trinajstić information content (AvgIpc) is 3.22. The van der Waals surface area contributed by atoms with Gasteiger partial charge in [-0.25, -0.2) is 14.8 Å². The smallest absolute Gasteiger partial charge is 0.338 e. The molecule has 0 spiro atoms. The number of carbonyl (C=O) groups excluding carboxylic acids is 1.